The van der Waals surface area contributed by atoms with Crippen LogP contribution in [0.3, 0.4) is 0 Å². The molecule has 2 bridgehead atoms. The fourth-order valence-corrected chi connectivity index (χ4v) is 5.20. The highest BCUT2D eigenvalue weighted by atomic mass is 16.5. The largest absolute Gasteiger partial charge is 0.497 e. The monoisotopic (exact) mass is 456 g/mol. The first-order valence-corrected chi connectivity index (χ1v) is 11.0. The van der Waals surface area contributed by atoms with E-state index in [1.807, 2.05) is 12.2 Å². The summed E-state index contributed by atoms with van der Waals surface area (Å²) in [7, 11) is 2.96. The van der Waals surface area contributed by atoms with Gasteiger partial charge in [-0.05, 0) is 36.3 Å². The molecule has 0 unspecified atom stereocenters. The number of nitrogens with zero attached hydrogens (tertiary/aromatic N) is 1. The number of hydrogen-bond acceptors (Lipinski definition) is 7. The molecule has 1 saturated carbocycles. The number of amides is 3. The molecule has 33 heavy (non-hydrogen) atoms. The number of likely N-dealkylation sites (tertiary alicyclic amines) is 1. The summed E-state index contributed by atoms with van der Waals surface area (Å²) in [6.45, 7) is 2.92. The zero-order valence-electron chi connectivity index (χ0n) is 19.1. The summed E-state index contributed by atoms with van der Waals surface area (Å²) < 4.78 is 15.6. The van der Waals surface area contributed by atoms with E-state index >= 15 is 0 Å². The second-order valence-corrected chi connectivity index (χ2v) is 8.96. The molecule has 3 amide bonds. The van der Waals surface area contributed by atoms with Gasteiger partial charge >= 0.3 is 5.97 Å². The average molecular weight is 456 g/mol. The second-order valence-electron chi connectivity index (χ2n) is 8.96. The highest BCUT2D eigenvalue weighted by Gasteiger charge is 2.61. The maximum absolute atomic E-state index is 13.1. The molecule has 9 heteroatoms. The maximum Gasteiger partial charge on any atom is 0.330 e. The molecule has 1 saturated heterocycles. The highest BCUT2D eigenvalue weighted by Crippen LogP contribution is 2.53. The van der Waals surface area contributed by atoms with Crippen molar-refractivity contribution in [3.63, 3.8) is 0 Å². The van der Waals surface area contributed by atoms with Gasteiger partial charge in [-0.2, -0.15) is 0 Å². The summed E-state index contributed by atoms with van der Waals surface area (Å²) in [5, 5.41) is 2.62. The third-order valence-electron chi connectivity index (χ3n) is 6.68. The van der Waals surface area contributed by atoms with E-state index in [-0.39, 0.29) is 29.6 Å². The molecule has 9 nitrogen and oxygen atoms in total. The Bertz CT molecular complexity index is 988. The molecule has 176 valence electrons. The number of allylic oxidation sites excluding steroid dienone is 2. The molecule has 5 atom stereocenters. The van der Waals surface area contributed by atoms with Crippen molar-refractivity contribution < 1.29 is 33.4 Å². The fourth-order valence-electron chi connectivity index (χ4n) is 5.20. The number of imide groups is 1. The standard InChI is InChI=1S/C24H28N2O7/c1-12(2)21(26-22(28)19-13-5-6-14(9-13)20(19)23(26)29)24(30)33-11-18(27)25-16-10-15(31-3)7-8-17(16)32-4/h5-8,10,12-14,19-21H,9,11H2,1-4H3,(H,25,27)/t13-,14-,19+,20+,21-/m0/s1. The lowest BCUT2D eigenvalue weighted by atomic mass is 9.85. The molecule has 0 radical (unpaired) electrons. The van der Waals surface area contributed by atoms with Crippen molar-refractivity contribution >= 4 is 29.4 Å². The van der Waals surface area contributed by atoms with Gasteiger partial charge in [0.05, 0.1) is 31.7 Å². The molecule has 3 aliphatic rings. The molecule has 1 aromatic carbocycles. The number of rotatable bonds is 8. The van der Waals surface area contributed by atoms with Crippen molar-refractivity contribution in [1.29, 1.82) is 0 Å². The van der Waals surface area contributed by atoms with Gasteiger partial charge in [-0.1, -0.05) is 26.0 Å². The van der Waals surface area contributed by atoms with Gasteiger partial charge in [0.25, 0.3) is 5.91 Å². The Balaban J connectivity index is 1.42. The first-order chi connectivity index (χ1) is 15.8. The predicted molar refractivity (Wildman–Crippen MR) is 117 cm³/mol. The number of benzene rings is 1. The van der Waals surface area contributed by atoms with E-state index in [0.717, 1.165) is 11.3 Å². The number of carbonyl (C=O) groups excluding carboxylic acids is 4. The van der Waals surface area contributed by atoms with Crippen LogP contribution in [0.25, 0.3) is 0 Å². The Kier molecular flexibility index (Phi) is 6.14. The van der Waals surface area contributed by atoms with Crippen LogP contribution in [-0.2, 0) is 23.9 Å². The summed E-state index contributed by atoms with van der Waals surface area (Å²) in [4.78, 5) is 52.7. The average Bonchev–Trinajstić information content (AvgIpc) is 3.47. The van der Waals surface area contributed by atoms with Crippen LogP contribution in [0.2, 0.25) is 0 Å². The van der Waals surface area contributed by atoms with Crippen molar-refractivity contribution in [3.05, 3.63) is 30.4 Å². The van der Waals surface area contributed by atoms with Crippen LogP contribution in [0, 0.1) is 29.6 Å². The van der Waals surface area contributed by atoms with E-state index in [9.17, 15) is 19.2 Å². The lowest BCUT2D eigenvalue weighted by Gasteiger charge is -2.28. The van der Waals surface area contributed by atoms with E-state index in [2.05, 4.69) is 5.32 Å². The maximum atomic E-state index is 13.1. The molecular formula is C24H28N2O7. The number of nitrogens with one attached hydrogen (secondary N) is 1. The zero-order valence-corrected chi connectivity index (χ0v) is 19.1. The minimum absolute atomic E-state index is 0.0499. The van der Waals surface area contributed by atoms with Crippen molar-refractivity contribution in [2.24, 2.45) is 29.6 Å². The minimum atomic E-state index is -1.07. The molecule has 2 fully saturated rings. The molecule has 1 aromatic rings. The van der Waals surface area contributed by atoms with Gasteiger partial charge < -0.3 is 19.5 Å². The van der Waals surface area contributed by atoms with Crippen molar-refractivity contribution in [2.45, 2.75) is 26.3 Å². The Morgan fingerprint density at radius 2 is 1.70 bits per heavy atom. The predicted octanol–water partition coefficient (Wildman–Crippen LogP) is 2.02. The van der Waals surface area contributed by atoms with Gasteiger partial charge in [0.2, 0.25) is 11.8 Å². The summed E-state index contributed by atoms with van der Waals surface area (Å²) in [6.07, 6.45) is 4.81. The summed E-state index contributed by atoms with van der Waals surface area (Å²) in [5.74, 6) is -2.13. The fraction of sp³-hybridized carbons (Fsp3) is 0.500. The van der Waals surface area contributed by atoms with Crippen molar-refractivity contribution in [3.8, 4) is 11.5 Å². The Hall–Kier alpha value is -3.36. The molecule has 1 heterocycles. The van der Waals surface area contributed by atoms with Gasteiger partial charge in [0.1, 0.15) is 17.5 Å². The Labute approximate surface area is 192 Å². The van der Waals surface area contributed by atoms with Gasteiger partial charge in [-0.25, -0.2) is 4.79 Å². The molecule has 0 aromatic heterocycles. The lowest BCUT2D eigenvalue weighted by molar-refractivity contribution is -0.162. The summed E-state index contributed by atoms with van der Waals surface area (Å²) in [5.41, 5.74) is 0.360. The summed E-state index contributed by atoms with van der Waals surface area (Å²) in [6, 6.07) is 3.83. The molecule has 1 aliphatic heterocycles. The number of esters is 1. The summed E-state index contributed by atoms with van der Waals surface area (Å²) >= 11 is 0. The van der Waals surface area contributed by atoms with Gasteiger partial charge in [0.15, 0.2) is 6.61 Å². The van der Waals surface area contributed by atoms with Crippen LogP contribution in [0.4, 0.5) is 5.69 Å². The van der Waals surface area contributed by atoms with Crippen LogP contribution in [0.15, 0.2) is 30.4 Å². The molecule has 2 aliphatic carbocycles. The molecule has 1 N–H and O–H groups in total. The van der Waals surface area contributed by atoms with E-state index in [4.69, 9.17) is 14.2 Å². The quantitative estimate of drug-likeness (QED) is 0.362. The third-order valence-corrected chi connectivity index (χ3v) is 6.68. The van der Waals surface area contributed by atoms with E-state index < -0.39 is 36.4 Å². The number of ether oxygens (including phenoxy) is 3. The number of carbonyl (C=O) groups is 4. The topological polar surface area (TPSA) is 111 Å². The Morgan fingerprint density at radius 1 is 1.06 bits per heavy atom. The molecular weight excluding hydrogens is 428 g/mol. The van der Waals surface area contributed by atoms with Crippen LogP contribution in [-0.4, -0.2) is 55.5 Å². The van der Waals surface area contributed by atoms with Crippen molar-refractivity contribution in [2.75, 3.05) is 26.1 Å². The number of fused-ring (bicyclic) bond motifs is 5. The molecule has 4 rings (SSSR count). The van der Waals surface area contributed by atoms with Gasteiger partial charge in [0, 0.05) is 6.07 Å². The highest BCUT2D eigenvalue weighted by molar-refractivity contribution is 6.09. The number of methoxy groups -OCH3 is 2. The van der Waals surface area contributed by atoms with Gasteiger partial charge in [-0.3, -0.25) is 19.3 Å². The van der Waals surface area contributed by atoms with Crippen LogP contribution >= 0.6 is 0 Å². The van der Waals surface area contributed by atoms with Crippen LogP contribution in [0.5, 0.6) is 11.5 Å². The first-order valence-electron chi connectivity index (χ1n) is 11.0. The van der Waals surface area contributed by atoms with E-state index in [1.54, 1.807) is 32.0 Å². The minimum Gasteiger partial charge on any atom is -0.497 e. The normalized spacial score (nSPS) is 25.9. The SMILES string of the molecule is COc1ccc(OC)c(NC(=O)COC(=O)[C@H](C(C)C)N2C(=O)[C@H]3[C@H](C2=O)[C@H]2C=C[C@H]3C2)c1. The van der Waals surface area contributed by atoms with Gasteiger partial charge in [-0.15, -0.1) is 0 Å². The van der Waals surface area contributed by atoms with E-state index in [1.165, 1.54) is 14.2 Å². The number of anilines is 1. The Morgan fingerprint density at radius 3 is 2.24 bits per heavy atom. The lowest BCUT2D eigenvalue weighted by Crippen LogP contribution is -2.50. The van der Waals surface area contributed by atoms with Crippen LogP contribution < -0.4 is 14.8 Å². The van der Waals surface area contributed by atoms with Crippen LogP contribution in [0.1, 0.15) is 20.3 Å². The second kappa shape index (κ2) is 8.88. The number of hydrogen-bond donors (Lipinski definition) is 1. The zero-order chi connectivity index (χ0) is 23.9. The smallest absolute Gasteiger partial charge is 0.330 e. The molecule has 0 spiro atoms. The third kappa shape index (κ3) is 3.96. The van der Waals surface area contributed by atoms with E-state index in [0.29, 0.717) is 17.2 Å². The van der Waals surface area contributed by atoms with Crippen molar-refractivity contribution in [1.82, 2.24) is 4.90 Å². The first kappa shape index (κ1) is 22.8.